The SMILES string of the molecule is CC(C)N(C)CCNCc1csc2ccccc12. The smallest absolute Gasteiger partial charge is 0.0346 e. The summed E-state index contributed by atoms with van der Waals surface area (Å²) < 4.78 is 1.38. The van der Waals surface area contributed by atoms with Gasteiger partial charge in [-0.3, -0.25) is 0 Å². The zero-order valence-corrected chi connectivity index (χ0v) is 12.3. The van der Waals surface area contributed by atoms with Crippen LogP contribution < -0.4 is 5.32 Å². The van der Waals surface area contributed by atoms with Gasteiger partial charge in [0.2, 0.25) is 0 Å². The van der Waals surface area contributed by atoms with Crippen molar-refractivity contribution in [1.29, 1.82) is 0 Å². The summed E-state index contributed by atoms with van der Waals surface area (Å²) in [5, 5.41) is 7.19. The van der Waals surface area contributed by atoms with Crippen LogP contribution in [0.4, 0.5) is 0 Å². The molecule has 0 spiro atoms. The van der Waals surface area contributed by atoms with Crippen LogP contribution in [-0.2, 0) is 6.54 Å². The van der Waals surface area contributed by atoms with Crippen molar-refractivity contribution in [3.8, 4) is 0 Å². The molecule has 2 aromatic rings. The lowest BCUT2D eigenvalue weighted by Crippen LogP contribution is -2.33. The van der Waals surface area contributed by atoms with Gasteiger partial charge >= 0.3 is 0 Å². The third-order valence-electron chi connectivity index (χ3n) is 3.40. The van der Waals surface area contributed by atoms with Crippen LogP contribution in [0.5, 0.6) is 0 Å². The predicted octanol–water partition coefficient (Wildman–Crippen LogP) is 3.33. The van der Waals surface area contributed by atoms with Crippen molar-refractivity contribution in [2.45, 2.75) is 26.4 Å². The molecule has 0 aliphatic heterocycles. The molecule has 0 aliphatic rings. The highest BCUT2D eigenvalue weighted by molar-refractivity contribution is 7.17. The Kier molecular flexibility index (Phi) is 4.75. The van der Waals surface area contributed by atoms with Crippen molar-refractivity contribution >= 4 is 21.4 Å². The zero-order valence-electron chi connectivity index (χ0n) is 11.4. The molecule has 2 rings (SSSR count). The number of thiophene rings is 1. The second kappa shape index (κ2) is 6.32. The Labute approximate surface area is 114 Å². The maximum atomic E-state index is 3.53. The van der Waals surface area contributed by atoms with Gasteiger partial charge in [-0.15, -0.1) is 11.3 Å². The molecule has 3 heteroatoms. The van der Waals surface area contributed by atoms with Crippen molar-refractivity contribution in [2.24, 2.45) is 0 Å². The zero-order chi connectivity index (χ0) is 13.0. The van der Waals surface area contributed by atoms with Gasteiger partial charge < -0.3 is 10.2 Å². The van der Waals surface area contributed by atoms with Crippen LogP contribution in [0.15, 0.2) is 29.6 Å². The summed E-state index contributed by atoms with van der Waals surface area (Å²) in [5.41, 5.74) is 1.42. The molecule has 0 saturated carbocycles. The van der Waals surface area contributed by atoms with Gasteiger partial charge in [-0.25, -0.2) is 0 Å². The van der Waals surface area contributed by atoms with E-state index >= 15 is 0 Å². The van der Waals surface area contributed by atoms with Crippen molar-refractivity contribution in [3.05, 3.63) is 35.2 Å². The number of nitrogens with one attached hydrogen (secondary N) is 1. The Bertz CT molecular complexity index is 490. The Balaban J connectivity index is 1.84. The number of nitrogens with zero attached hydrogens (tertiary/aromatic N) is 1. The van der Waals surface area contributed by atoms with Gasteiger partial charge in [0.15, 0.2) is 0 Å². The van der Waals surface area contributed by atoms with Gasteiger partial charge in [0.1, 0.15) is 0 Å². The number of rotatable bonds is 6. The molecule has 1 N–H and O–H groups in total. The molecule has 1 aromatic carbocycles. The van der Waals surface area contributed by atoms with Crippen LogP contribution in [-0.4, -0.2) is 31.1 Å². The van der Waals surface area contributed by atoms with Crippen molar-refractivity contribution in [3.63, 3.8) is 0 Å². The van der Waals surface area contributed by atoms with E-state index in [1.54, 1.807) is 0 Å². The Hall–Kier alpha value is -0.900. The van der Waals surface area contributed by atoms with Crippen molar-refractivity contribution in [2.75, 3.05) is 20.1 Å². The Morgan fingerprint density at radius 1 is 1.28 bits per heavy atom. The lowest BCUT2D eigenvalue weighted by molar-refractivity contribution is 0.273. The molecule has 0 atom stereocenters. The summed E-state index contributed by atoms with van der Waals surface area (Å²) in [7, 11) is 2.17. The van der Waals surface area contributed by atoms with Crippen LogP contribution in [0.25, 0.3) is 10.1 Å². The van der Waals surface area contributed by atoms with Crippen molar-refractivity contribution in [1.82, 2.24) is 10.2 Å². The Morgan fingerprint density at radius 3 is 2.83 bits per heavy atom. The average molecular weight is 262 g/mol. The minimum Gasteiger partial charge on any atom is -0.311 e. The maximum absolute atomic E-state index is 3.53. The summed E-state index contributed by atoms with van der Waals surface area (Å²) in [5.74, 6) is 0. The molecule has 0 fully saturated rings. The quantitative estimate of drug-likeness (QED) is 0.803. The molecule has 18 heavy (non-hydrogen) atoms. The van der Waals surface area contributed by atoms with E-state index in [0.29, 0.717) is 6.04 Å². The summed E-state index contributed by atoms with van der Waals surface area (Å²) >= 11 is 1.83. The molecule has 1 aromatic heterocycles. The van der Waals surface area contributed by atoms with E-state index in [0.717, 1.165) is 19.6 Å². The standard InChI is InChI=1S/C15H22N2S/c1-12(2)17(3)9-8-16-10-13-11-18-15-7-5-4-6-14(13)15/h4-7,11-12,16H,8-10H2,1-3H3. The highest BCUT2D eigenvalue weighted by atomic mass is 32.1. The number of hydrogen-bond donors (Lipinski definition) is 1. The molecular weight excluding hydrogens is 240 g/mol. The van der Waals surface area contributed by atoms with Crippen LogP contribution in [0, 0.1) is 0 Å². The summed E-state index contributed by atoms with van der Waals surface area (Å²) in [6.45, 7) is 7.56. The fourth-order valence-corrected chi connectivity index (χ4v) is 2.87. The van der Waals surface area contributed by atoms with E-state index in [1.165, 1.54) is 15.6 Å². The van der Waals surface area contributed by atoms with Crippen LogP contribution in [0.3, 0.4) is 0 Å². The highest BCUT2D eigenvalue weighted by Crippen LogP contribution is 2.25. The summed E-state index contributed by atoms with van der Waals surface area (Å²) in [6, 6.07) is 9.24. The number of benzene rings is 1. The minimum atomic E-state index is 0.619. The third kappa shape index (κ3) is 3.31. The van der Waals surface area contributed by atoms with Gasteiger partial charge in [0, 0.05) is 30.4 Å². The molecular formula is C15H22N2S. The number of likely N-dealkylation sites (N-methyl/N-ethyl adjacent to an activating group) is 1. The molecule has 2 nitrogen and oxygen atoms in total. The summed E-state index contributed by atoms with van der Waals surface area (Å²) in [6.07, 6.45) is 0. The average Bonchev–Trinajstić information content (AvgIpc) is 2.77. The van der Waals surface area contributed by atoms with Crippen molar-refractivity contribution < 1.29 is 0 Å². The minimum absolute atomic E-state index is 0.619. The van der Waals surface area contributed by atoms with Crippen LogP contribution in [0.2, 0.25) is 0 Å². The second-order valence-corrected chi connectivity index (χ2v) is 5.92. The van der Waals surface area contributed by atoms with Gasteiger partial charge in [0.05, 0.1) is 0 Å². The second-order valence-electron chi connectivity index (χ2n) is 5.01. The molecule has 0 amide bonds. The van der Waals surface area contributed by atoms with Crippen LogP contribution in [0.1, 0.15) is 19.4 Å². The monoisotopic (exact) mass is 262 g/mol. The van der Waals surface area contributed by atoms with E-state index in [1.807, 2.05) is 11.3 Å². The van der Waals surface area contributed by atoms with Gasteiger partial charge in [-0.1, -0.05) is 18.2 Å². The lowest BCUT2D eigenvalue weighted by atomic mass is 10.2. The number of fused-ring (bicyclic) bond motifs is 1. The Morgan fingerprint density at radius 2 is 2.06 bits per heavy atom. The largest absolute Gasteiger partial charge is 0.311 e. The van der Waals surface area contributed by atoms with E-state index < -0.39 is 0 Å². The topological polar surface area (TPSA) is 15.3 Å². The normalized spacial score (nSPS) is 11.8. The van der Waals surface area contributed by atoms with Gasteiger partial charge in [-0.05, 0) is 43.3 Å². The van der Waals surface area contributed by atoms with E-state index in [2.05, 4.69) is 60.8 Å². The molecule has 0 unspecified atom stereocenters. The maximum Gasteiger partial charge on any atom is 0.0346 e. The first-order valence-electron chi connectivity index (χ1n) is 6.54. The highest BCUT2D eigenvalue weighted by Gasteiger charge is 2.04. The molecule has 98 valence electrons. The van der Waals surface area contributed by atoms with E-state index in [9.17, 15) is 0 Å². The fourth-order valence-electron chi connectivity index (χ4n) is 1.91. The first-order chi connectivity index (χ1) is 8.68. The lowest BCUT2D eigenvalue weighted by Gasteiger charge is -2.20. The summed E-state index contributed by atoms with van der Waals surface area (Å²) in [4.78, 5) is 2.36. The molecule has 0 bridgehead atoms. The van der Waals surface area contributed by atoms with Gasteiger partial charge in [-0.2, -0.15) is 0 Å². The van der Waals surface area contributed by atoms with Gasteiger partial charge in [0.25, 0.3) is 0 Å². The first kappa shape index (κ1) is 13.5. The van der Waals surface area contributed by atoms with E-state index in [-0.39, 0.29) is 0 Å². The van der Waals surface area contributed by atoms with E-state index in [4.69, 9.17) is 0 Å². The third-order valence-corrected chi connectivity index (χ3v) is 4.41. The predicted molar refractivity (Wildman–Crippen MR) is 81.3 cm³/mol. The fraction of sp³-hybridized carbons (Fsp3) is 0.467. The molecule has 0 saturated heterocycles. The molecule has 0 radical (unpaired) electrons. The molecule has 1 heterocycles. The first-order valence-corrected chi connectivity index (χ1v) is 7.42. The number of hydrogen-bond acceptors (Lipinski definition) is 3. The molecule has 0 aliphatic carbocycles. The van der Waals surface area contributed by atoms with Crippen LogP contribution >= 0.6 is 11.3 Å².